The number of hydrogen-bond acceptors (Lipinski definition) is 31. The number of amides is 9. The zero-order valence-corrected chi connectivity index (χ0v) is 59.2. The van der Waals surface area contributed by atoms with Gasteiger partial charge in [0.1, 0.15) is 73.1 Å². The van der Waals surface area contributed by atoms with Crippen molar-refractivity contribution in [2.45, 2.75) is 170 Å². The van der Waals surface area contributed by atoms with E-state index in [2.05, 4.69) is 47.9 Å². The molecule has 9 amide bonds. The molecular formula is C63H115N11O29. The van der Waals surface area contributed by atoms with E-state index >= 15 is 0 Å². The highest BCUT2D eigenvalue weighted by Crippen LogP contribution is 2.25. The Balaban J connectivity index is 1.43. The Kier molecular flexibility index (Phi) is 48.0. The first-order chi connectivity index (χ1) is 49.4. The maximum atomic E-state index is 13.4. The molecule has 19 N–H and O–H groups in total. The molecule has 40 heteroatoms. The Morgan fingerprint density at radius 1 is 0.330 bits per heavy atom. The predicted octanol–water partition coefficient (Wildman–Crippen LogP) is -10.3. The minimum Gasteiger partial charge on any atom is -0.394 e. The molecule has 0 aromatic carbocycles. The van der Waals surface area contributed by atoms with Crippen molar-refractivity contribution < 1.29 is 142 Å². The van der Waals surface area contributed by atoms with Crippen molar-refractivity contribution >= 4 is 53.2 Å². The summed E-state index contributed by atoms with van der Waals surface area (Å²) in [5.74, 6) is -3.48. The summed E-state index contributed by atoms with van der Waals surface area (Å²) in [6.07, 6.45) is -12.7. The lowest BCUT2D eigenvalue weighted by Gasteiger charge is -2.42. The van der Waals surface area contributed by atoms with Gasteiger partial charge in [-0.2, -0.15) is 0 Å². The molecule has 0 aromatic heterocycles. The van der Waals surface area contributed by atoms with Crippen molar-refractivity contribution in [3.8, 4) is 0 Å². The number of nitrogens with one attached hydrogen (secondary N) is 9. The van der Waals surface area contributed by atoms with Crippen molar-refractivity contribution in [2.75, 3.05) is 178 Å². The van der Waals surface area contributed by atoms with Gasteiger partial charge in [0, 0.05) is 98.9 Å². The predicted molar refractivity (Wildman–Crippen MR) is 357 cm³/mol. The van der Waals surface area contributed by atoms with E-state index in [1.807, 2.05) is 0 Å². The highest BCUT2D eigenvalue weighted by atomic mass is 16.7. The third-order valence-electron chi connectivity index (χ3n) is 16.1. The zero-order valence-electron chi connectivity index (χ0n) is 59.2. The normalized spacial score (nSPS) is 24.8. The highest BCUT2D eigenvalue weighted by Gasteiger charge is 2.48. The van der Waals surface area contributed by atoms with E-state index < -0.39 is 141 Å². The van der Waals surface area contributed by atoms with E-state index in [0.29, 0.717) is 58.2 Å². The maximum absolute atomic E-state index is 13.4. The first-order valence-corrected chi connectivity index (χ1v) is 34.9. The van der Waals surface area contributed by atoms with Crippen LogP contribution in [-0.2, 0) is 90.5 Å². The lowest BCUT2D eigenvalue weighted by atomic mass is 9.97. The van der Waals surface area contributed by atoms with Crippen LogP contribution in [0.25, 0.3) is 0 Å². The largest absolute Gasteiger partial charge is 0.394 e. The lowest BCUT2D eigenvalue weighted by Crippen LogP contribution is -2.64. The fourth-order valence-electron chi connectivity index (χ4n) is 10.6. The van der Waals surface area contributed by atoms with Gasteiger partial charge in [0.2, 0.25) is 53.2 Å². The van der Waals surface area contributed by atoms with Crippen molar-refractivity contribution in [3.63, 3.8) is 0 Å². The molecule has 0 aliphatic carbocycles. The number of hydrogen-bond donors (Lipinski definition) is 19. The minimum absolute atomic E-state index is 0.0164. The Labute approximate surface area is 598 Å². The van der Waals surface area contributed by atoms with E-state index in [-0.39, 0.29) is 181 Å². The first kappa shape index (κ1) is 91.6. The summed E-state index contributed by atoms with van der Waals surface area (Å²) in [4.78, 5) is 116. The number of aliphatic hydroxyl groups is 10. The van der Waals surface area contributed by atoms with E-state index in [0.717, 1.165) is 0 Å². The number of unbranched alkanes of at least 4 members (excludes halogenated alkanes) is 3. The van der Waals surface area contributed by atoms with Crippen molar-refractivity contribution in [3.05, 3.63) is 0 Å². The fourth-order valence-corrected chi connectivity index (χ4v) is 10.6. The summed E-state index contributed by atoms with van der Waals surface area (Å²) in [6.45, 7) is 3.66. The van der Waals surface area contributed by atoms with Gasteiger partial charge in [0.25, 0.3) is 0 Å². The maximum Gasteiger partial charge on any atom is 0.234 e. The van der Waals surface area contributed by atoms with Gasteiger partial charge in [-0.25, -0.2) is 0 Å². The second-order valence-electron chi connectivity index (χ2n) is 24.5. The van der Waals surface area contributed by atoms with Crippen LogP contribution in [0, 0.1) is 0 Å². The molecule has 0 spiro atoms. The average Bonchev–Trinajstić information content (AvgIpc) is 0.824. The Morgan fingerprint density at radius 3 is 0.883 bits per heavy atom. The smallest absolute Gasteiger partial charge is 0.234 e. The summed E-state index contributed by atoms with van der Waals surface area (Å²) < 4.78 is 55.3. The zero-order chi connectivity index (χ0) is 75.9. The summed E-state index contributed by atoms with van der Waals surface area (Å²) in [7, 11) is 0. The molecule has 103 heavy (non-hydrogen) atoms. The standard InChI is InChI=1S/C63H115N11O29/c1-40(79)70-52-58(91)55(88)43(37-76)101-61(52)98-31-28-94-23-10-46(82)64-13-4-7-16-67-49(85)34-73(21-26-97-27-22-75)19-20-74(35-50(86)68-17-8-5-14-65-47(83)11-24-95-29-32-99-62-53(71-41(2)80)59(92)56(89)44(38-77)102-62)36-51(87)69-18-9-6-15-66-48(84)12-25-96-30-33-100-63-54(72-42(3)81)60(93)57(90)45(39-78)103-63/h43-45,52-63,75-78,88-93H,4-39H2,1-3H3,(H,64,82)(H,65,83)(H,66,84)(H,67,85)(H,68,86)(H,69,87)(H,70,79)(H,71,80)(H,72,81). The summed E-state index contributed by atoms with van der Waals surface area (Å²) >= 11 is 0. The average molecular weight is 1490 g/mol. The van der Waals surface area contributed by atoms with E-state index in [1.165, 1.54) is 20.8 Å². The van der Waals surface area contributed by atoms with Crippen LogP contribution >= 0.6 is 0 Å². The second-order valence-corrected chi connectivity index (χ2v) is 24.5. The molecule has 0 radical (unpaired) electrons. The van der Waals surface area contributed by atoms with E-state index in [1.54, 1.807) is 9.80 Å². The van der Waals surface area contributed by atoms with Crippen molar-refractivity contribution in [1.82, 2.24) is 57.7 Å². The van der Waals surface area contributed by atoms with Gasteiger partial charge in [-0.05, 0) is 38.5 Å². The quantitative estimate of drug-likeness (QED) is 0.0251. The molecule has 15 atom stereocenters. The molecule has 0 aromatic rings. The number of ether oxygens (including phenoxy) is 10. The van der Waals surface area contributed by atoms with Crippen LogP contribution in [-0.4, -0.2) is 384 Å². The van der Waals surface area contributed by atoms with Crippen LogP contribution in [0.3, 0.4) is 0 Å². The number of aliphatic hydroxyl groups excluding tert-OH is 10. The van der Waals surface area contributed by atoms with Crippen LogP contribution < -0.4 is 47.9 Å². The molecule has 0 bridgehead atoms. The first-order valence-electron chi connectivity index (χ1n) is 34.9. The fraction of sp³-hybridized carbons (Fsp3) is 0.857. The Morgan fingerprint density at radius 2 is 0.602 bits per heavy atom. The number of carbonyl (C=O) groups excluding carboxylic acids is 9. The van der Waals surface area contributed by atoms with Crippen molar-refractivity contribution in [1.29, 1.82) is 0 Å². The molecule has 15 unspecified atom stereocenters. The summed E-state index contributed by atoms with van der Waals surface area (Å²) in [5, 5.41) is 124. The van der Waals surface area contributed by atoms with Crippen LogP contribution in [0.4, 0.5) is 0 Å². The molecule has 0 saturated carbocycles. The van der Waals surface area contributed by atoms with Gasteiger partial charge in [0.15, 0.2) is 18.9 Å². The molecule has 40 nitrogen and oxygen atoms in total. The van der Waals surface area contributed by atoms with Gasteiger partial charge in [-0.3, -0.25) is 53.0 Å². The van der Waals surface area contributed by atoms with Gasteiger partial charge in [-0.1, -0.05) is 0 Å². The minimum atomic E-state index is -1.47. The third-order valence-corrected chi connectivity index (χ3v) is 16.1. The molecular weight excluding hydrogens is 1370 g/mol. The van der Waals surface area contributed by atoms with Gasteiger partial charge in [0.05, 0.1) is 119 Å². The molecule has 3 heterocycles. The molecule has 3 rings (SSSR count). The number of nitrogens with zero attached hydrogens (tertiary/aromatic N) is 2. The van der Waals surface area contributed by atoms with Gasteiger partial charge < -0.3 is 146 Å². The Hall–Kier alpha value is -5.65. The van der Waals surface area contributed by atoms with Crippen LogP contribution in [0.5, 0.6) is 0 Å². The summed E-state index contributed by atoms with van der Waals surface area (Å²) in [6, 6.07) is -3.33. The number of carbonyl (C=O) groups is 9. The molecule has 3 aliphatic rings. The SMILES string of the molecule is CC(=O)NC1C(OCCOCCC(=O)NCCCCNC(=O)CN(CCOCCO)CCN(CC(=O)NCCCCNC(=O)CCOCCOC2OC(CO)C(O)C(O)C2NC(C)=O)CC(=O)NCCCCNC(=O)CCOCCOC2OC(CO)C(O)C(O)C2NC(C)=O)OC(CO)C(O)C1O. The highest BCUT2D eigenvalue weighted by molar-refractivity contribution is 5.81. The summed E-state index contributed by atoms with van der Waals surface area (Å²) in [5.41, 5.74) is 0. The molecule has 3 saturated heterocycles. The van der Waals surface area contributed by atoms with Crippen LogP contribution in [0.2, 0.25) is 0 Å². The van der Waals surface area contributed by atoms with Crippen molar-refractivity contribution in [2.24, 2.45) is 0 Å². The Bertz CT molecular complexity index is 2340. The van der Waals surface area contributed by atoms with E-state index in [9.17, 15) is 94.2 Å². The molecule has 596 valence electrons. The topological polar surface area (TPSA) is 563 Å². The molecule has 3 aliphatic heterocycles. The van der Waals surface area contributed by atoms with Crippen LogP contribution in [0.15, 0.2) is 0 Å². The van der Waals surface area contributed by atoms with Gasteiger partial charge >= 0.3 is 0 Å². The second kappa shape index (κ2) is 54.0. The number of rotatable bonds is 56. The van der Waals surface area contributed by atoms with E-state index in [4.69, 9.17) is 47.4 Å². The monoisotopic (exact) mass is 1490 g/mol. The third kappa shape index (κ3) is 38.5. The van der Waals surface area contributed by atoms with Gasteiger partial charge in [-0.15, -0.1) is 0 Å². The van der Waals surface area contributed by atoms with Crippen LogP contribution in [0.1, 0.15) is 78.6 Å². The lowest BCUT2D eigenvalue weighted by molar-refractivity contribution is -0.272. The molecule has 3 fully saturated rings.